The second-order valence-electron chi connectivity index (χ2n) is 4.84. The minimum Gasteiger partial charge on any atom is -0.463 e. The fourth-order valence-electron chi connectivity index (χ4n) is 2.09. The minimum atomic E-state index is 0.0557. The van der Waals surface area contributed by atoms with Crippen LogP contribution in [0.2, 0.25) is 0 Å². The number of aryl methyl sites for hydroxylation is 1. The summed E-state index contributed by atoms with van der Waals surface area (Å²) in [7, 11) is 0. The predicted octanol–water partition coefficient (Wildman–Crippen LogP) is 3.05. The van der Waals surface area contributed by atoms with Crippen molar-refractivity contribution in [3.05, 3.63) is 59.5 Å². The number of carbonyl (C=O) groups is 1. The van der Waals surface area contributed by atoms with Gasteiger partial charge in [0.05, 0.1) is 24.8 Å². The highest BCUT2D eigenvalue weighted by Crippen LogP contribution is 2.23. The summed E-state index contributed by atoms with van der Waals surface area (Å²) < 4.78 is 5.15. The van der Waals surface area contributed by atoms with Crippen molar-refractivity contribution >= 4 is 29.1 Å². The van der Waals surface area contributed by atoms with Crippen LogP contribution < -0.4 is 0 Å². The fraction of sp³-hybridized carbons (Fsp3) is 0.188. The Kier molecular flexibility index (Phi) is 4.39. The lowest BCUT2D eigenvalue weighted by Gasteiger charge is -2.16. The van der Waals surface area contributed by atoms with Crippen LogP contribution in [0.15, 0.2) is 57.3 Å². The molecular weight excluding hydrogens is 298 g/mol. The highest BCUT2D eigenvalue weighted by atomic mass is 32.2. The van der Waals surface area contributed by atoms with Crippen molar-refractivity contribution < 1.29 is 9.21 Å². The van der Waals surface area contributed by atoms with E-state index in [9.17, 15) is 4.79 Å². The molecule has 2 heterocycles. The number of nitrogens with zero attached hydrogens (tertiary/aromatic N) is 3. The Balaban J connectivity index is 1.76. The molecule has 6 heteroatoms. The average Bonchev–Trinajstić information content (AvgIpc) is 3.14. The Morgan fingerprint density at radius 2 is 2.18 bits per heavy atom. The fourth-order valence-corrected chi connectivity index (χ4v) is 2.92. The van der Waals surface area contributed by atoms with Crippen LogP contribution in [0.5, 0.6) is 0 Å². The van der Waals surface area contributed by atoms with E-state index in [1.165, 1.54) is 18.0 Å². The third-order valence-corrected chi connectivity index (χ3v) is 4.27. The minimum absolute atomic E-state index is 0.0557. The number of hydrogen-bond donors (Lipinski definition) is 0. The average molecular weight is 313 g/mol. The first-order valence-electron chi connectivity index (χ1n) is 6.86. The largest absolute Gasteiger partial charge is 0.463 e. The van der Waals surface area contributed by atoms with Gasteiger partial charge in [-0.05, 0) is 30.2 Å². The standard InChI is InChI=1S/C16H15N3O2S/c1-12-5-2-3-6-13(12)10-19-15(20)11-22-16(19)18-17-9-14-7-4-8-21-14/h2-9H,10-11H2,1H3/b17-9+,18-16+. The van der Waals surface area contributed by atoms with E-state index in [-0.39, 0.29) is 5.91 Å². The zero-order valence-electron chi connectivity index (χ0n) is 12.1. The second-order valence-corrected chi connectivity index (χ2v) is 5.78. The van der Waals surface area contributed by atoms with Gasteiger partial charge in [0.1, 0.15) is 5.76 Å². The third kappa shape index (κ3) is 3.28. The van der Waals surface area contributed by atoms with Gasteiger partial charge in [-0.2, -0.15) is 5.10 Å². The number of rotatable bonds is 4. The van der Waals surface area contributed by atoms with Crippen LogP contribution in [0.1, 0.15) is 16.9 Å². The molecular formula is C16H15N3O2S. The molecule has 1 saturated heterocycles. The van der Waals surface area contributed by atoms with E-state index in [1.54, 1.807) is 23.3 Å². The lowest BCUT2D eigenvalue weighted by Crippen LogP contribution is -2.29. The van der Waals surface area contributed by atoms with Gasteiger partial charge >= 0.3 is 0 Å². The van der Waals surface area contributed by atoms with Gasteiger partial charge in [0.15, 0.2) is 5.17 Å². The first-order chi connectivity index (χ1) is 10.7. The van der Waals surface area contributed by atoms with Crippen molar-refractivity contribution in [2.45, 2.75) is 13.5 Å². The molecule has 1 aliphatic heterocycles. The molecule has 1 aliphatic rings. The molecule has 0 atom stereocenters. The maximum Gasteiger partial charge on any atom is 0.239 e. The van der Waals surface area contributed by atoms with Crippen molar-refractivity contribution in [1.82, 2.24) is 4.90 Å². The van der Waals surface area contributed by atoms with E-state index in [2.05, 4.69) is 10.2 Å². The summed E-state index contributed by atoms with van der Waals surface area (Å²) in [6, 6.07) is 11.6. The van der Waals surface area contributed by atoms with E-state index in [4.69, 9.17) is 4.42 Å². The van der Waals surface area contributed by atoms with Crippen molar-refractivity contribution in [2.24, 2.45) is 10.2 Å². The van der Waals surface area contributed by atoms with Gasteiger partial charge in [-0.15, -0.1) is 5.10 Å². The molecule has 0 bridgehead atoms. The molecule has 0 N–H and O–H groups in total. The lowest BCUT2D eigenvalue weighted by molar-refractivity contribution is -0.124. The van der Waals surface area contributed by atoms with E-state index in [0.717, 1.165) is 11.1 Å². The van der Waals surface area contributed by atoms with Gasteiger partial charge < -0.3 is 4.42 Å². The van der Waals surface area contributed by atoms with E-state index < -0.39 is 0 Å². The second kappa shape index (κ2) is 6.62. The van der Waals surface area contributed by atoms with Crippen molar-refractivity contribution in [1.29, 1.82) is 0 Å². The predicted molar refractivity (Wildman–Crippen MR) is 87.9 cm³/mol. The number of amidine groups is 1. The summed E-state index contributed by atoms with van der Waals surface area (Å²) in [6.45, 7) is 2.56. The van der Waals surface area contributed by atoms with E-state index in [1.807, 2.05) is 31.2 Å². The van der Waals surface area contributed by atoms with Gasteiger partial charge in [0.25, 0.3) is 0 Å². The van der Waals surface area contributed by atoms with Gasteiger partial charge in [0, 0.05) is 0 Å². The quantitative estimate of drug-likeness (QED) is 0.644. The van der Waals surface area contributed by atoms with Crippen molar-refractivity contribution in [3.63, 3.8) is 0 Å². The molecule has 0 spiro atoms. The molecule has 112 valence electrons. The molecule has 1 aromatic carbocycles. The lowest BCUT2D eigenvalue weighted by atomic mass is 10.1. The summed E-state index contributed by atoms with van der Waals surface area (Å²) in [6.07, 6.45) is 3.11. The summed E-state index contributed by atoms with van der Waals surface area (Å²) in [5.74, 6) is 1.09. The summed E-state index contributed by atoms with van der Waals surface area (Å²) >= 11 is 1.40. The number of amides is 1. The molecule has 0 saturated carbocycles. The SMILES string of the molecule is Cc1ccccc1CN1C(=O)CS/C1=N/N=C/c1ccco1. The molecule has 1 amide bonds. The van der Waals surface area contributed by atoms with Crippen molar-refractivity contribution in [3.8, 4) is 0 Å². The number of benzene rings is 1. The maximum atomic E-state index is 12.0. The smallest absolute Gasteiger partial charge is 0.239 e. The first kappa shape index (κ1) is 14.6. The van der Waals surface area contributed by atoms with E-state index in [0.29, 0.717) is 23.2 Å². The van der Waals surface area contributed by atoms with Crippen LogP contribution in [0.3, 0.4) is 0 Å². The molecule has 5 nitrogen and oxygen atoms in total. The Labute approximate surface area is 132 Å². The van der Waals surface area contributed by atoms with Gasteiger partial charge in [-0.1, -0.05) is 36.0 Å². The molecule has 1 fully saturated rings. The third-order valence-electron chi connectivity index (χ3n) is 3.32. The Morgan fingerprint density at radius 1 is 1.32 bits per heavy atom. The number of furan rings is 1. The zero-order chi connectivity index (χ0) is 15.4. The Morgan fingerprint density at radius 3 is 2.95 bits per heavy atom. The summed E-state index contributed by atoms with van der Waals surface area (Å²) in [4.78, 5) is 13.7. The number of thioether (sulfide) groups is 1. The highest BCUT2D eigenvalue weighted by molar-refractivity contribution is 8.15. The van der Waals surface area contributed by atoms with Crippen LogP contribution in [-0.4, -0.2) is 27.9 Å². The first-order valence-corrected chi connectivity index (χ1v) is 7.85. The van der Waals surface area contributed by atoms with Crippen LogP contribution in [0, 0.1) is 6.92 Å². The zero-order valence-corrected chi connectivity index (χ0v) is 12.9. The number of carbonyl (C=O) groups excluding carboxylic acids is 1. The molecule has 1 aromatic heterocycles. The Hall–Kier alpha value is -2.34. The highest BCUT2D eigenvalue weighted by Gasteiger charge is 2.28. The Bertz CT molecular complexity index is 723. The molecule has 0 aliphatic carbocycles. The van der Waals surface area contributed by atoms with Gasteiger partial charge in [0.2, 0.25) is 5.91 Å². The van der Waals surface area contributed by atoms with Gasteiger partial charge in [-0.3, -0.25) is 9.69 Å². The molecule has 0 unspecified atom stereocenters. The van der Waals surface area contributed by atoms with Crippen LogP contribution in [0.4, 0.5) is 0 Å². The normalized spacial score (nSPS) is 17.0. The van der Waals surface area contributed by atoms with Gasteiger partial charge in [-0.25, -0.2) is 0 Å². The molecule has 0 radical (unpaired) electrons. The van der Waals surface area contributed by atoms with Crippen LogP contribution in [0.25, 0.3) is 0 Å². The number of hydrogen-bond acceptors (Lipinski definition) is 5. The summed E-state index contributed by atoms with van der Waals surface area (Å²) in [5, 5.41) is 8.77. The topological polar surface area (TPSA) is 58.2 Å². The van der Waals surface area contributed by atoms with Crippen LogP contribution >= 0.6 is 11.8 Å². The molecule has 22 heavy (non-hydrogen) atoms. The maximum absolute atomic E-state index is 12.0. The molecule has 2 aromatic rings. The summed E-state index contributed by atoms with van der Waals surface area (Å²) in [5.41, 5.74) is 2.27. The van der Waals surface area contributed by atoms with Crippen molar-refractivity contribution in [2.75, 3.05) is 5.75 Å². The molecule has 3 rings (SSSR count). The van der Waals surface area contributed by atoms with E-state index >= 15 is 0 Å². The van der Waals surface area contributed by atoms with Crippen LogP contribution in [-0.2, 0) is 11.3 Å². The monoisotopic (exact) mass is 313 g/mol.